The molecular weight excluding hydrogens is 1600 g/mol. The van der Waals surface area contributed by atoms with Gasteiger partial charge in [-0.3, -0.25) is 27.8 Å². The molecule has 3 aliphatic heterocycles. The van der Waals surface area contributed by atoms with Crippen LogP contribution in [0.3, 0.4) is 0 Å². The standard InChI is InChI=1S/2C28H22Cl2FN3O2S.C26H19Cl2FN4O3S/c2*1-17(19-5-3-2-4-6-19)32-28(35)26-23-16-37(36)15-20(13-18-7-10-22(31)11-8-18)27(23)34(33-26)25-12-9-21(29)14-24(25)30;27-18-6-9-23(22(28)12-18)33-25-17(11-16-4-7-19(29)8-5-16)14-37(35,36)15-21(25)24(32-33)26(34)31-13-20-3-1-2-10-30-20/h2*2-14,17H,15-16H2,1H3,(H,32,35);1-12H,13-15H2,(H,31,34)/b2*20-13+;17-11+/t2*17-,37?;/m10./s1. The van der Waals surface area contributed by atoms with E-state index in [0.717, 1.165) is 22.3 Å². The third-order valence-corrected chi connectivity index (χ3v) is 23.6. The second kappa shape index (κ2) is 34.7. The Bertz CT molecular complexity index is 5600. The maximum atomic E-state index is 13.5. The Morgan fingerprint density at radius 1 is 0.450 bits per heavy atom. The number of carbonyl (C=O) groups excluding carboxylic acids is 3. The quantitative estimate of drug-likeness (QED) is 0.0876. The molecule has 0 fully saturated rings. The maximum absolute atomic E-state index is 13.5. The van der Waals surface area contributed by atoms with Crippen molar-refractivity contribution in [2.45, 2.75) is 49.7 Å². The van der Waals surface area contributed by atoms with Gasteiger partial charge in [0.2, 0.25) is 0 Å². The van der Waals surface area contributed by atoms with E-state index in [1.54, 1.807) is 125 Å². The molecular formula is C82H63Cl6F3N10O7S3. The van der Waals surface area contributed by atoms with Crippen molar-refractivity contribution in [2.75, 3.05) is 17.3 Å². The highest BCUT2D eigenvalue weighted by atomic mass is 35.5. The van der Waals surface area contributed by atoms with Gasteiger partial charge in [-0.15, -0.1) is 0 Å². The average molecular weight is 1670 g/mol. The predicted octanol–water partition coefficient (Wildman–Crippen LogP) is 18.3. The molecule has 4 atom stereocenters. The Morgan fingerprint density at radius 2 is 0.811 bits per heavy atom. The van der Waals surface area contributed by atoms with Crippen LogP contribution in [0, 0.1) is 17.5 Å². The van der Waals surface area contributed by atoms with Gasteiger partial charge < -0.3 is 16.0 Å². The molecule has 29 heteroatoms. The van der Waals surface area contributed by atoms with Gasteiger partial charge in [0.25, 0.3) is 17.7 Å². The lowest BCUT2D eigenvalue weighted by molar-refractivity contribution is 0.0925. The summed E-state index contributed by atoms with van der Waals surface area (Å²) >= 11 is 37.9. The topological polar surface area (TPSA) is 222 Å². The summed E-state index contributed by atoms with van der Waals surface area (Å²) in [6.45, 7) is 3.92. The molecule has 7 heterocycles. The fraction of sp³-hybridized carbons (Fsp3) is 0.134. The Hall–Kier alpha value is -10.1. The summed E-state index contributed by atoms with van der Waals surface area (Å²) in [7, 11) is -6.16. The van der Waals surface area contributed by atoms with Crippen molar-refractivity contribution in [1.82, 2.24) is 50.3 Å². The number of sulfone groups is 1. The molecule has 4 aromatic heterocycles. The molecule has 3 N–H and O–H groups in total. The van der Waals surface area contributed by atoms with Gasteiger partial charge in [-0.05, 0) is 180 Å². The number of aromatic nitrogens is 7. The van der Waals surface area contributed by atoms with Gasteiger partial charge >= 0.3 is 0 Å². The molecule has 17 nitrogen and oxygen atoms in total. The molecule has 564 valence electrons. The molecule has 12 aromatic rings. The predicted molar refractivity (Wildman–Crippen MR) is 435 cm³/mol. The van der Waals surface area contributed by atoms with Gasteiger partial charge in [0.05, 0.1) is 108 Å². The SMILES string of the molecule is C[C@@H](NC(=O)c1nn(-c2ccc(Cl)cc2Cl)c2c1CS(=O)C/C2=C\c1ccc(F)cc1)c1ccccc1.C[C@H](NC(=O)c1nn(-c2ccc(Cl)cc2Cl)c2c1CS(=O)C/C2=C\c1ccc(F)cc1)c1ccccc1.O=C(NCc1ccccn1)c1nn(-c2ccc(Cl)cc2Cl)c2c1CS(=O)(=O)C/C2=C\c1ccc(F)cc1. The van der Waals surface area contributed by atoms with Gasteiger partial charge in [0.1, 0.15) is 17.5 Å². The van der Waals surface area contributed by atoms with Crippen molar-refractivity contribution < 1.29 is 44.4 Å². The molecule has 111 heavy (non-hydrogen) atoms. The highest BCUT2D eigenvalue weighted by molar-refractivity contribution is 7.91. The first-order valence-corrected chi connectivity index (χ1v) is 41.3. The highest BCUT2D eigenvalue weighted by Crippen LogP contribution is 2.41. The molecule has 3 amide bonds. The van der Waals surface area contributed by atoms with Crippen molar-refractivity contribution in [1.29, 1.82) is 0 Å². The minimum atomic E-state index is -3.62. The number of hydrogen-bond donors (Lipinski definition) is 3. The number of fused-ring (bicyclic) bond motifs is 3. The van der Waals surface area contributed by atoms with Crippen molar-refractivity contribution in [3.63, 3.8) is 0 Å². The van der Waals surface area contributed by atoms with Gasteiger partial charge in [0, 0.05) is 59.6 Å². The van der Waals surface area contributed by atoms with Gasteiger partial charge in [0.15, 0.2) is 26.9 Å². The van der Waals surface area contributed by atoms with E-state index in [9.17, 15) is 44.4 Å². The van der Waals surface area contributed by atoms with Crippen LogP contribution in [-0.2, 0) is 55.2 Å². The lowest BCUT2D eigenvalue weighted by Gasteiger charge is -2.19. The second-order valence-electron chi connectivity index (χ2n) is 25.9. The van der Waals surface area contributed by atoms with E-state index in [-0.39, 0.29) is 104 Å². The number of halogens is 9. The molecule has 0 saturated heterocycles. The maximum Gasteiger partial charge on any atom is 0.272 e. The first kappa shape index (κ1) is 79.0. The van der Waals surface area contributed by atoms with Crippen LogP contribution >= 0.6 is 69.6 Å². The van der Waals surface area contributed by atoms with Crippen LogP contribution in [0.2, 0.25) is 30.1 Å². The van der Waals surface area contributed by atoms with E-state index in [0.29, 0.717) is 98.4 Å². The van der Waals surface area contributed by atoms with Crippen molar-refractivity contribution in [3.8, 4) is 17.1 Å². The van der Waals surface area contributed by atoms with Crippen LogP contribution in [0.25, 0.3) is 52.0 Å². The summed E-state index contributed by atoms with van der Waals surface area (Å²) in [5.41, 5.74) is 11.4. The molecule has 15 rings (SSSR count). The van der Waals surface area contributed by atoms with E-state index in [1.165, 1.54) is 47.1 Å². The third kappa shape index (κ3) is 18.8. The Kier molecular flexibility index (Phi) is 24.7. The van der Waals surface area contributed by atoms with E-state index in [1.807, 2.05) is 86.7 Å². The van der Waals surface area contributed by atoms with Crippen LogP contribution in [-0.4, -0.2) is 86.1 Å². The smallest absolute Gasteiger partial charge is 0.272 e. The Balaban J connectivity index is 0.000000146. The van der Waals surface area contributed by atoms with Crippen molar-refractivity contribution in [2.24, 2.45) is 0 Å². The molecule has 0 saturated carbocycles. The fourth-order valence-corrected chi connectivity index (χ4v) is 18.3. The minimum Gasteiger partial charge on any atom is -0.345 e. The van der Waals surface area contributed by atoms with Crippen LogP contribution in [0.5, 0.6) is 0 Å². The van der Waals surface area contributed by atoms with Gasteiger partial charge in [-0.25, -0.2) is 35.6 Å². The van der Waals surface area contributed by atoms with Gasteiger partial charge in [-0.2, -0.15) is 15.3 Å². The largest absolute Gasteiger partial charge is 0.345 e. The summed E-state index contributed by atoms with van der Waals surface area (Å²) in [5.74, 6) is -2.23. The first-order valence-electron chi connectivity index (χ1n) is 34.2. The number of carbonyl (C=O) groups is 3. The van der Waals surface area contributed by atoms with E-state index in [4.69, 9.17) is 69.6 Å². The summed E-state index contributed by atoms with van der Waals surface area (Å²) < 4.78 is 97.0. The molecule has 0 aliphatic carbocycles. The average Bonchev–Trinajstić information content (AvgIpc) is 1.62. The zero-order valence-corrected chi connectivity index (χ0v) is 65.6. The minimum absolute atomic E-state index is 0.0368. The van der Waals surface area contributed by atoms with Crippen LogP contribution in [0.4, 0.5) is 13.2 Å². The molecule has 2 unspecified atom stereocenters. The normalized spacial score (nSPS) is 16.4. The Labute approximate surface area is 671 Å². The number of rotatable bonds is 15. The molecule has 0 bridgehead atoms. The molecule has 8 aromatic carbocycles. The zero-order valence-electron chi connectivity index (χ0n) is 58.7. The highest BCUT2D eigenvalue weighted by Gasteiger charge is 2.37. The van der Waals surface area contributed by atoms with Crippen LogP contribution in [0.1, 0.15) is 125 Å². The molecule has 0 spiro atoms. The number of amides is 3. The summed E-state index contributed by atoms with van der Waals surface area (Å²) in [5, 5.41) is 25.0. The second-order valence-corrected chi connectivity index (χ2v) is 33.4. The van der Waals surface area contributed by atoms with E-state index >= 15 is 0 Å². The Morgan fingerprint density at radius 3 is 1.18 bits per heavy atom. The first-order chi connectivity index (χ1) is 53.3. The van der Waals surface area contributed by atoms with Crippen LogP contribution in [0.15, 0.2) is 212 Å². The summed E-state index contributed by atoms with van der Waals surface area (Å²) in [6, 6.07) is 56.5. The molecule has 3 aliphatic rings. The number of hydrogen-bond acceptors (Lipinski definition) is 11. The zero-order chi connectivity index (χ0) is 78.4. The number of pyridine rings is 1. The lowest BCUT2D eigenvalue weighted by Crippen LogP contribution is -2.28. The van der Waals surface area contributed by atoms with Crippen LogP contribution < -0.4 is 16.0 Å². The fourth-order valence-electron chi connectivity index (χ4n) is 12.8. The van der Waals surface area contributed by atoms with Crippen molar-refractivity contribution >= 4 is 154 Å². The summed E-state index contributed by atoms with van der Waals surface area (Å²) in [6.07, 6.45) is 6.93. The summed E-state index contributed by atoms with van der Waals surface area (Å²) in [4.78, 5) is 44.4. The number of nitrogens with zero attached hydrogens (tertiary/aromatic N) is 7. The van der Waals surface area contributed by atoms with Gasteiger partial charge in [-0.1, -0.05) is 173 Å². The number of benzene rings is 8. The third-order valence-electron chi connectivity index (χ3n) is 18.0. The molecule has 0 radical (unpaired) electrons. The lowest BCUT2D eigenvalue weighted by atomic mass is 10.0. The van der Waals surface area contributed by atoms with E-state index < -0.39 is 43.2 Å². The van der Waals surface area contributed by atoms with Crippen molar-refractivity contribution in [3.05, 3.63) is 344 Å². The van der Waals surface area contributed by atoms with E-state index in [2.05, 4.69) is 36.2 Å². The number of nitrogens with one attached hydrogen (secondary N) is 3. The monoisotopic (exact) mass is 1660 g/mol.